The van der Waals surface area contributed by atoms with Crippen LogP contribution in [0.2, 0.25) is 0 Å². The Morgan fingerprint density at radius 2 is 1.86 bits per heavy atom. The number of hydrogen-bond acceptors (Lipinski definition) is 6. The van der Waals surface area contributed by atoms with Gasteiger partial charge in [-0.15, -0.1) is 0 Å². The zero-order valence-electron chi connectivity index (χ0n) is 25.6. The molecular formula is C35H45NO6. The van der Waals surface area contributed by atoms with Gasteiger partial charge in [-0.1, -0.05) is 31.1 Å². The molecule has 4 atom stereocenters. The number of nitrogens with zero attached hydrogens (tertiary/aromatic N) is 1. The van der Waals surface area contributed by atoms with Gasteiger partial charge in [-0.3, -0.25) is 19.2 Å². The molecule has 226 valence electrons. The van der Waals surface area contributed by atoms with Crippen molar-refractivity contribution in [3.63, 3.8) is 0 Å². The topological polar surface area (TPSA) is 101 Å². The van der Waals surface area contributed by atoms with Crippen molar-refractivity contribution >= 4 is 23.5 Å². The molecule has 0 amide bonds. The van der Waals surface area contributed by atoms with Gasteiger partial charge < -0.3 is 14.7 Å². The van der Waals surface area contributed by atoms with E-state index in [0.29, 0.717) is 25.2 Å². The number of carbonyl (C=O) groups excluding carboxylic acids is 3. The summed E-state index contributed by atoms with van der Waals surface area (Å²) in [6.07, 6.45) is 17.3. The monoisotopic (exact) mass is 575 g/mol. The lowest BCUT2D eigenvalue weighted by Crippen LogP contribution is -2.55. The Bertz CT molecular complexity index is 1340. The number of carboxylic acids is 1. The number of fused-ring (bicyclic) bond motifs is 4. The highest BCUT2D eigenvalue weighted by atomic mass is 16.6. The van der Waals surface area contributed by atoms with Crippen molar-refractivity contribution in [2.45, 2.75) is 103 Å². The molecule has 0 aliphatic heterocycles. The van der Waals surface area contributed by atoms with E-state index in [-0.39, 0.29) is 29.9 Å². The third-order valence-electron chi connectivity index (χ3n) is 10.8. The molecule has 0 radical (unpaired) electrons. The largest absolute Gasteiger partial charge is 0.481 e. The molecule has 1 N–H and O–H groups in total. The SMILES string of the molecule is CC(=O)O[C@]1(C(C)=O)CC[C@H]2[C@@H]3CCC4=CC(=O)CC(=C5C=CC(N(C)CCCCCC(=O)O)=CC5)C4=C3CC[C@@]21C. The third kappa shape index (κ3) is 5.35. The van der Waals surface area contributed by atoms with Crippen LogP contribution < -0.4 is 0 Å². The fourth-order valence-corrected chi connectivity index (χ4v) is 8.80. The number of Topliss-reactive ketones (excluding diaryl/α,β-unsaturated/α-hetero) is 1. The Morgan fingerprint density at radius 3 is 2.52 bits per heavy atom. The molecule has 0 saturated heterocycles. The van der Waals surface area contributed by atoms with Crippen LogP contribution in [0.25, 0.3) is 0 Å². The van der Waals surface area contributed by atoms with Crippen LogP contribution in [-0.2, 0) is 23.9 Å². The number of esters is 1. The molecule has 0 aromatic heterocycles. The predicted molar refractivity (Wildman–Crippen MR) is 160 cm³/mol. The highest BCUT2D eigenvalue weighted by molar-refractivity contribution is 5.97. The molecule has 0 spiro atoms. The van der Waals surface area contributed by atoms with Gasteiger partial charge in [0, 0.05) is 44.5 Å². The number of carbonyl (C=O) groups is 4. The normalized spacial score (nSPS) is 32.0. The summed E-state index contributed by atoms with van der Waals surface area (Å²) < 4.78 is 5.91. The first kappa shape index (κ1) is 30.2. The number of ether oxygens (including phenoxy) is 1. The first-order valence-corrected chi connectivity index (χ1v) is 15.7. The molecule has 0 aromatic rings. The number of likely N-dealkylation sites (N-methyl/N-ethyl adjacent to an activating group) is 1. The highest BCUT2D eigenvalue weighted by Crippen LogP contribution is 2.65. The second-order valence-electron chi connectivity index (χ2n) is 13.2. The molecule has 0 bridgehead atoms. The van der Waals surface area contributed by atoms with Crippen molar-refractivity contribution in [2.75, 3.05) is 13.6 Å². The van der Waals surface area contributed by atoms with Crippen LogP contribution >= 0.6 is 0 Å². The van der Waals surface area contributed by atoms with Gasteiger partial charge in [0.15, 0.2) is 17.2 Å². The van der Waals surface area contributed by atoms with E-state index in [1.165, 1.54) is 34.8 Å². The average Bonchev–Trinajstić information content (AvgIpc) is 3.24. The summed E-state index contributed by atoms with van der Waals surface area (Å²) in [5.74, 6) is -0.408. The minimum atomic E-state index is -1.05. The highest BCUT2D eigenvalue weighted by Gasteiger charge is 2.65. The predicted octanol–water partition coefficient (Wildman–Crippen LogP) is 6.41. The summed E-state index contributed by atoms with van der Waals surface area (Å²) in [7, 11) is 2.07. The Hall–Kier alpha value is -3.22. The molecule has 5 rings (SSSR count). The zero-order chi connectivity index (χ0) is 30.2. The van der Waals surface area contributed by atoms with Crippen molar-refractivity contribution in [3.05, 3.63) is 57.9 Å². The van der Waals surface area contributed by atoms with Gasteiger partial charge in [-0.05, 0) is 111 Å². The van der Waals surface area contributed by atoms with Gasteiger partial charge in [0.2, 0.25) is 0 Å². The lowest BCUT2D eigenvalue weighted by molar-refractivity contribution is -0.181. The molecular weight excluding hydrogens is 530 g/mol. The van der Waals surface area contributed by atoms with Gasteiger partial charge in [0.25, 0.3) is 0 Å². The molecule has 7 nitrogen and oxygen atoms in total. The molecule has 7 heteroatoms. The standard InChI is InChI=1S/C35H45NO6/c1-22(37)35(42-23(2)38)18-16-31-28-14-11-25-20-27(39)21-30(33(25)29(28)15-17-34(31,35)3)24-9-12-26(13-10-24)36(4)19-7-5-6-8-32(40)41/h9,12-13,20,28,31H,5-8,10-11,14-19,21H2,1-4H3,(H,40,41)/t28-,31+,34+,35+/m1/s1. The van der Waals surface area contributed by atoms with Gasteiger partial charge in [0.05, 0.1) is 0 Å². The van der Waals surface area contributed by atoms with Crippen LogP contribution in [0.5, 0.6) is 0 Å². The quantitative estimate of drug-likeness (QED) is 0.250. The van der Waals surface area contributed by atoms with E-state index in [2.05, 4.69) is 37.1 Å². The van der Waals surface area contributed by atoms with Crippen LogP contribution in [0, 0.1) is 17.3 Å². The van der Waals surface area contributed by atoms with Gasteiger partial charge in [-0.25, -0.2) is 0 Å². The Balaban J connectivity index is 1.40. The van der Waals surface area contributed by atoms with Gasteiger partial charge in [-0.2, -0.15) is 0 Å². The van der Waals surface area contributed by atoms with Crippen LogP contribution in [0.15, 0.2) is 57.9 Å². The molecule has 5 aliphatic carbocycles. The minimum Gasteiger partial charge on any atom is -0.481 e. The average molecular weight is 576 g/mol. The number of carboxylic acid groups (broad SMARTS) is 1. The first-order valence-electron chi connectivity index (χ1n) is 15.7. The van der Waals surface area contributed by atoms with Crippen LogP contribution in [0.3, 0.4) is 0 Å². The summed E-state index contributed by atoms with van der Waals surface area (Å²) in [5, 5.41) is 8.84. The zero-order valence-corrected chi connectivity index (χ0v) is 25.6. The Morgan fingerprint density at radius 1 is 1.07 bits per heavy atom. The van der Waals surface area contributed by atoms with E-state index in [0.717, 1.165) is 63.6 Å². The second-order valence-corrected chi connectivity index (χ2v) is 13.2. The second kappa shape index (κ2) is 11.8. The van der Waals surface area contributed by atoms with Crippen molar-refractivity contribution in [2.24, 2.45) is 17.3 Å². The molecule has 2 fully saturated rings. The molecule has 0 heterocycles. The fourth-order valence-electron chi connectivity index (χ4n) is 8.80. The van der Waals surface area contributed by atoms with E-state index in [4.69, 9.17) is 9.84 Å². The number of ketones is 2. The first-order chi connectivity index (χ1) is 20.0. The van der Waals surface area contributed by atoms with Gasteiger partial charge >= 0.3 is 11.9 Å². The maximum atomic E-state index is 13.1. The Kier molecular flexibility index (Phi) is 8.51. The van der Waals surface area contributed by atoms with Crippen molar-refractivity contribution in [3.8, 4) is 0 Å². The van der Waals surface area contributed by atoms with E-state index in [9.17, 15) is 19.2 Å². The number of unbranched alkanes of at least 4 members (excludes halogenated alkanes) is 2. The number of aliphatic carboxylic acids is 1. The van der Waals surface area contributed by atoms with Crippen molar-refractivity contribution < 1.29 is 29.0 Å². The van der Waals surface area contributed by atoms with Crippen molar-refractivity contribution in [1.82, 2.24) is 4.90 Å². The number of rotatable bonds is 9. The molecule has 0 unspecified atom stereocenters. The third-order valence-corrected chi connectivity index (χ3v) is 10.8. The summed E-state index contributed by atoms with van der Waals surface area (Å²) >= 11 is 0. The van der Waals surface area contributed by atoms with Crippen LogP contribution in [0.1, 0.15) is 97.8 Å². The molecule has 0 aromatic carbocycles. The fraction of sp³-hybridized carbons (Fsp3) is 0.600. The molecule has 2 saturated carbocycles. The van der Waals surface area contributed by atoms with Gasteiger partial charge in [0.1, 0.15) is 0 Å². The summed E-state index contributed by atoms with van der Waals surface area (Å²) in [6.45, 7) is 6.03. The molecule has 42 heavy (non-hydrogen) atoms. The summed E-state index contributed by atoms with van der Waals surface area (Å²) in [6, 6.07) is 0. The van der Waals surface area contributed by atoms with Crippen LogP contribution in [-0.4, -0.2) is 52.7 Å². The lowest BCUT2D eigenvalue weighted by Gasteiger charge is -2.52. The maximum Gasteiger partial charge on any atom is 0.303 e. The smallest absolute Gasteiger partial charge is 0.303 e. The van der Waals surface area contributed by atoms with Crippen LogP contribution in [0.4, 0.5) is 0 Å². The van der Waals surface area contributed by atoms with Crippen molar-refractivity contribution in [1.29, 1.82) is 0 Å². The van der Waals surface area contributed by atoms with E-state index in [1.54, 1.807) is 6.92 Å². The Labute approximate surface area is 249 Å². The van der Waals surface area contributed by atoms with E-state index in [1.807, 2.05) is 6.08 Å². The summed E-state index contributed by atoms with van der Waals surface area (Å²) in [5.41, 5.74) is 5.99. The minimum absolute atomic E-state index is 0.0403. The van der Waals surface area contributed by atoms with E-state index >= 15 is 0 Å². The summed E-state index contributed by atoms with van der Waals surface area (Å²) in [4.78, 5) is 51.1. The number of allylic oxidation sites excluding steroid dienone is 9. The lowest BCUT2D eigenvalue weighted by atomic mass is 9.54. The maximum absolute atomic E-state index is 13.1. The molecule has 5 aliphatic rings. The van der Waals surface area contributed by atoms with E-state index < -0.39 is 17.0 Å². The number of hydrogen-bond donors (Lipinski definition) is 1.